The Morgan fingerprint density at radius 2 is 1.72 bits per heavy atom. The molecule has 0 amide bonds. The molecule has 0 aromatic heterocycles. The summed E-state index contributed by atoms with van der Waals surface area (Å²) in [4.78, 5) is 21.2. The second-order valence-corrected chi connectivity index (χ2v) is 4.03. The Kier molecular flexibility index (Phi) is 5.17. The summed E-state index contributed by atoms with van der Waals surface area (Å²) in [6.45, 7) is 2.27. The Morgan fingerprint density at radius 1 is 1.17 bits per heavy atom. The van der Waals surface area contributed by atoms with Crippen LogP contribution in [0.4, 0.5) is 0 Å². The molecule has 1 rings (SSSR count). The first-order valence-electron chi connectivity index (χ1n) is 5.66. The number of hydrogen-bond acceptors (Lipinski definition) is 3. The van der Waals surface area contributed by atoms with Crippen molar-refractivity contribution in [1.29, 1.82) is 0 Å². The van der Waals surface area contributed by atoms with Crippen LogP contribution in [0.25, 0.3) is 0 Å². The van der Waals surface area contributed by atoms with Gasteiger partial charge in [0.05, 0.1) is 6.61 Å². The Balaban J connectivity index is 2.32. The van der Waals surface area contributed by atoms with E-state index in [0.29, 0.717) is 18.8 Å². The number of ether oxygens (including phenoxy) is 1. The monoisotopic (exact) mass is 252 g/mol. The molecule has 1 aromatic rings. The van der Waals surface area contributed by atoms with E-state index in [-0.39, 0.29) is 6.42 Å². The molecule has 5 heteroatoms. The molecular weight excluding hydrogens is 236 g/mol. The number of carboxylic acid groups (broad SMARTS) is 2. The normalized spacial score (nSPS) is 10.3. The van der Waals surface area contributed by atoms with Crippen LogP contribution in [0.15, 0.2) is 24.3 Å². The van der Waals surface area contributed by atoms with E-state index in [1.165, 1.54) is 0 Å². The predicted molar refractivity (Wildman–Crippen MR) is 64.7 cm³/mol. The molecule has 0 saturated carbocycles. The third-order valence-electron chi connectivity index (χ3n) is 2.52. The zero-order valence-electron chi connectivity index (χ0n) is 10.1. The maximum Gasteiger partial charge on any atom is 0.317 e. The molecule has 0 aliphatic heterocycles. The SMILES string of the molecule is Cc1ccc(OCCCC(C(=O)O)C(=O)O)cc1. The zero-order valence-corrected chi connectivity index (χ0v) is 10.1. The van der Waals surface area contributed by atoms with Crippen LogP contribution in [0, 0.1) is 12.8 Å². The van der Waals surface area contributed by atoms with Crippen LogP contribution in [0.1, 0.15) is 18.4 Å². The van der Waals surface area contributed by atoms with Crippen molar-refractivity contribution in [2.24, 2.45) is 5.92 Å². The van der Waals surface area contributed by atoms with Crippen LogP contribution in [0.3, 0.4) is 0 Å². The maximum atomic E-state index is 10.6. The summed E-state index contributed by atoms with van der Waals surface area (Å²) < 4.78 is 5.39. The van der Waals surface area contributed by atoms with E-state index in [4.69, 9.17) is 14.9 Å². The molecular formula is C13H16O5. The molecule has 0 aliphatic carbocycles. The van der Waals surface area contributed by atoms with Gasteiger partial charge in [-0.3, -0.25) is 9.59 Å². The van der Waals surface area contributed by atoms with Crippen LogP contribution in [0.2, 0.25) is 0 Å². The third kappa shape index (κ3) is 4.45. The summed E-state index contributed by atoms with van der Waals surface area (Å²) in [5.41, 5.74) is 1.12. The van der Waals surface area contributed by atoms with E-state index in [1.54, 1.807) is 0 Å². The summed E-state index contributed by atoms with van der Waals surface area (Å²) in [6.07, 6.45) is 0.452. The van der Waals surface area contributed by atoms with Crippen LogP contribution < -0.4 is 4.74 Å². The van der Waals surface area contributed by atoms with Gasteiger partial charge in [0.1, 0.15) is 5.75 Å². The number of aryl methyl sites for hydroxylation is 1. The summed E-state index contributed by atoms with van der Waals surface area (Å²) in [7, 11) is 0. The third-order valence-corrected chi connectivity index (χ3v) is 2.52. The first-order chi connectivity index (χ1) is 8.50. The fourth-order valence-corrected chi connectivity index (χ4v) is 1.46. The van der Waals surface area contributed by atoms with Crippen molar-refractivity contribution in [3.05, 3.63) is 29.8 Å². The summed E-state index contributed by atoms with van der Waals surface area (Å²) in [6, 6.07) is 7.46. The smallest absolute Gasteiger partial charge is 0.317 e. The fourth-order valence-electron chi connectivity index (χ4n) is 1.46. The number of carboxylic acids is 2. The van der Waals surface area contributed by atoms with Crippen LogP contribution in [0.5, 0.6) is 5.75 Å². The molecule has 0 saturated heterocycles. The van der Waals surface area contributed by atoms with E-state index in [0.717, 1.165) is 5.56 Å². The van der Waals surface area contributed by atoms with Gasteiger partial charge in [0.15, 0.2) is 5.92 Å². The van der Waals surface area contributed by atoms with Crippen molar-refractivity contribution >= 4 is 11.9 Å². The van der Waals surface area contributed by atoms with Gasteiger partial charge in [-0.25, -0.2) is 0 Å². The van der Waals surface area contributed by atoms with Crippen molar-refractivity contribution in [3.8, 4) is 5.75 Å². The van der Waals surface area contributed by atoms with E-state index in [2.05, 4.69) is 0 Å². The lowest BCUT2D eigenvalue weighted by Crippen LogP contribution is -2.23. The minimum Gasteiger partial charge on any atom is -0.494 e. The summed E-state index contributed by atoms with van der Waals surface area (Å²) in [5, 5.41) is 17.3. The van der Waals surface area contributed by atoms with E-state index in [9.17, 15) is 9.59 Å². The Labute approximate surface area is 105 Å². The van der Waals surface area contributed by atoms with Crippen LogP contribution in [-0.2, 0) is 9.59 Å². The van der Waals surface area contributed by atoms with Crippen molar-refractivity contribution in [3.63, 3.8) is 0 Å². The van der Waals surface area contributed by atoms with Gasteiger partial charge in [0, 0.05) is 0 Å². The van der Waals surface area contributed by atoms with Gasteiger partial charge in [-0.05, 0) is 31.9 Å². The molecule has 0 atom stereocenters. The summed E-state index contributed by atoms with van der Waals surface area (Å²) in [5.74, 6) is -3.27. The first-order valence-corrected chi connectivity index (χ1v) is 5.66. The molecule has 2 N–H and O–H groups in total. The van der Waals surface area contributed by atoms with Gasteiger partial charge in [0.2, 0.25) is 0 Å². The topological polar surface area (TPSA) is 83.8 Å². The highest BCUT2D eigenvalue weighted by molar-refractivity contribution is 5.92. The van der Waals surface area contributed by atoms with Gasteiger partial charge >= 0.3 is 11.9 Å². The molecule has 1 aromatic carbocycles. The molecule has 98 valence electrons. The average Bonchev–Trinajstić information content (AvgIpc) is 2.30. The predicted octanol–water partition coefficient (Wildman–Crippen LogP) is 1.94. The highest BCUT2D eigenvalue weighted by atomic mass is 16.5. The maximum absolute atomic E-state index is 10.6. The zero-order chi connectivity index (χ0) is 13.5. The number of hydrogen-bond donors (Lipinski definition) is 2. The minimum absolute atomic E-state index is 0.0660. The molecule has 0 radical (unpaired) electrons. The van der Waals surface area contributed by atoms with Gasteiger partial charge in [0.25, 0.3) is 0 Å². The lowest BCUT2D eigenvalue weighted by atomic mass is 10.0. The molecule has 0 spiro atoms. The standard InChI is InChI=1S/C13H16O5/c1-9-4-6-10(7-5-9)18-8-2-3-11(12(14)15)13(16)17/h4-7,11H,2-3,8H2,1H3,(H,14,15)(H,16,17). The van der Waals surface area contributed by atoms with Crippen molar-refractivity contribution in [1.82, 2.24) is 0 Å². The first kappa shape index (κ1) is 14.0. The van der Waals surface area contributed by atoms with Crippen LogP contribution in [-0.4, -0.2) is 28.8 Å². The second kappa shape index (κ2) is 6.64. The van der Waals surface area contributed by atoms with E-state index >= 15 is 0 Å². The van der Waals surface area contributed by atoms with Crippen molar-refractivity contribution < 1.29 is 24.5 Å². The number of aliphatic carboxylic acids is 2. The van der Waals surface area contributed by atoms with Gasteiger partial charge in [-0.15, -0.1) is 0 Å². The molecule has 5 nitrogen and oxygen atoms in total. The molecule has 0 unspecified atom stereocenters. The Morgan fingerprint density at radius 3 is 2.22 bits per heavy atom. The molecule has 0 aliphatic rings. The van der Waals surface area contributed by atoms with Crippen LogP contribution >= 0.6 is 0 Å². The van der Waals surface area contributed by atoms with E-state index in [1.807, 2.05) is 31.2 Å². The number of rotatable bonds is 7. The Bertz CT molecular complexity index is 396. The molecule has 0 fully saturated rings. The van der Waals surface area contributed by atoms with Crippen molar-refractivity contribution in [2.75, 3.05) is 6.61 Å². The molecule has 0 heterocycles. The minimum atomic E-state index is -1.35. The van der Waals surface area contributed by atoms with Crippen molar-refractivity contribution in [2.45, 2.75) is 19.8 Å². The quantitative estimate of drug-likeness (QED) is 0.572. The highest BCUT2D eigenvalue weighted by Crippen LogP contribution is 2.13. The average molecular weight is 252 g/mol. The molecule has 18 heavy (non-hydrogen) atoms. The van der Waals surface area contributed by atoms with Gasteiger partial charge < -0.3 is 14.9 Å². The number of carbonyl (C=O) groups is 2. The number of benzene rings is 1. The highest BCUT2D eigenvalue weighted by Gasteiger charge is 2.24. The second-order valence-electron chi connectivity index (χ2n) is 4.03. The lowest BCUT2D eigenvalue weighted by Gasteiger charge is -2.08. The molecule has 0 bridgehead atoms. The van der Waals surface area contributed by atoms with E-state index < -0.39 is 17.9 Å². The summed E-state index contributed by atoms with van der Waals surface area (Å²) >= 11 is 0. The fraction of sp³-hybridized carbons (Fsp3) is 0.385. The van der Waals surface area contributed by atoms with Gasteiger partial charge in [-0.1, -0.05) is 17.7 Å². The Hall–Kier alpha value is -2.04. The largest absolute Gasteiger partial charge is 0.494 e. The van der Waals surface area contributed by atoms with Gasteiger partial charge in [-0.2, -0.15) is 0 Å². The lowest BCUT2D eigenvalue weighted by molar-refractivity contribution is -0.154.